The van der Waals surface area contributed by atoms with Crippen molar-refractivity contribution in [1.29, 1.82) is 0 Å². The second kappa shape index (κ2) is 8.16. The minimum Gasteiger partial charge on any atom is -0.465 e. The molecule has 7 heteroatoms. The lowest BCUT2D eigenvalue weighted by molar-refractivity contribution is 0.0607. The summed E-state index contributed by atoms with van der Waals surface area (Å²) in [6, 6.07) is 16.3. The molecule has 146 valence electrons. The summed E-state index contributed by atoms with van der Waals surface area (Å²) in [7, 11) is -2.60. The number of anilines is 1. The van der Waals surface area contributed by atoms with Crippen molar-refractivity contribution in [2.45, 2.75) is 24.7 Å². The molecule has 3 rings (SSSR count). The van der Waals surface area contributed by atoms with E-state index in [0.29, 0.717) is 5.92 Å². The van der Waals surface area contributed by atoms with E-state index < -0.39 is 16.0 Å². The first-order valence-corrected chi connectivity index (χ1v) is 11.1. The lowest BCUT2D eigenvalue weighted by Crippen LogP contribution is -2.14. The van der Waals surface area contributed by atoms with Gasteiger partial charge in [-0.3, -0.25) is 4.72 Å². The maximum atomic E-state index is 12.9. The Morgan fingerprint density at radius 1 is 1.07 bits per heavy atom. The molecule has 0 aliphatic heterocycles. The van der Waals surface area contributed by atoms with Crippen LogP contribution >= 0.6 is 11.3 Å². The van der Waals surface area contributed by atoms with Gasteiger partial charge in [0.15, 0.2) is 0 Å². The predicted octanol–water partition coefficient (Wildman–Crippen LogP) is 5.13. The van der Waals surface area contributed by atoms with E-state index in [0.717, 1.165) is 28.0 Å². The number of hydrogen-bond donors (Lipinski definition) is 1. The zero-order chi connectivity index (χ0) is 20.3. The number of methoxy groups -OCH3 is 1. The zero-order valence-corrected chi connectivity index (χ0v) is 17.4. The molecule has 0 aliphatic carbocycles. The summed E-state index contributed by atoms with van der Waals surface area (Å²) in [6.45, 7) is 4.21. The van der Waals surface area contributed by atoms with Gasteiger partial charge in [0, 0.05) is 0 Å². The van der Waals surface area contributed by atoms with Crippen molar-refractivity contribution < 1.29 is 17.9 Å². The highest BCUT2D eigenvalue weighted by Gasteiger charge is 2.21. The standard InChI is InChI=1S/C21H21NO4S2/c1-14(2)17-9-4-5-10-18(17)15-7-6-8-16(13-15)28(24,25)22-19-11-12-27-20(19)21(23)26-3/h4-14,22H,1-3H3. The van der Waals surface area contributed by atoms with Gasteiger partial charge in [0.2, 0.25) is 0 Å². The van der Waals surface area contributed by atoms with Gasteiger partial charge in [-0.1, -0.05) is 50.2 Å². The van der Waals surface area contributed by atoms with Crippen molar-refractivity contribution in [2.75, 3.05) is 11.8 Å². The number of sulfonamides is 1. The average molecular weight is 416 g/mol. The quantitative estimate of drug-likeness (QED) is 0.567. The molecule has 5 nitrogen and oxygen atoms in total. The van der Waals surface area contributed by atoms with Crippen LogP contribution in [0.25, 0.3) is 11.1 Å². The molecule has 0 aliphatic rings. The van der Waals surface area contributed by atoms with Crippen LogP contribution in [-0.4, -0.2) is 21.5 Å². The smallest absolute Gasteiger partial charge is 0.350 e. The van der Waals surface area contributed by atoms with E-state index in [4.69, 9.17) is 4.74 Å². The fourth-order valence-electron chi connectivity index (χ4n) is 2.94. The van der Waals surface area contributed by atoms with Crippen molar-refractivity contribution in [3.05, 3.63) is 70.4 Å². The van der Waals surface area contributed by atoms with E-state index in [2.05, 4.69) is 18.6 Å². The molecular formula is C21H21NO4S2. The second-order valence-corrected chi connectivity index (χ2v) is 9.13. The maximum Gasteiger partial charge on any atom is 0.350 e. The number of carbonyl (C=O) groups is 1. The van der Waals surface area contributed by atoms with Gasteiger partial charge in [-0.05, 0) is 46.2 Å². The monoisotopic (exact) mass is 415 g/mol. The largest absolute Gasteiger partial charge is 0.465 e. The van der Waals surface area contributed by atoms with Gasteiger partial charge in [-0.25, -0.2) is 13.2 Å². The Bertz CT molecular complexity index is 1100. The van der Waals surface area contributed by atoms with Crippen molar-refractivity contribution in [3.63, 3.8) is 0 Å². The van der Waals surface area contributed by atoms with Gasteiger partial charge < -0.3 is 4.74 Å². The number of carbonyl (C=O) groups excluding carboxylic acids is 1. The van der Waals surface area contributed by atoms with E-state index in [-0.39, 0.29) is 15.5 Å². The summed E-state index contributed by atoms with van der Waals surface area (Å²) in [6.07, 6.45) is 0. The Labute approximate surface area is 169 Å². The summed E-state index contributed by atoms with van der Waals surface area (Å²) in [5, 5.41) is 1.64. The minimum absolute atomic E-state index is 0.130. The van der Waals surface area contributed by atoms with Crippen LogP contribution in [0.3, 0.4) is 0 Å². The molecule has 0 unspecified atom stereocenters. The van der Waals surface area contributed by atoms with Crippen LogP contribution in [0, 0.1) is 0 Å². The number of thiophene rings is 1. The Hall–Kier alpha value is -2.64. The van der Waals surface area contributed by atoms with Gasteiger partial charge in [0.05, 0.1) is 17.7 Å². The number of benzene rings is 2. The van der Waals surface area contributed by atoms with Crippen LogP contribution in [0.5, 0.6) is 0 Å². The van der Waals surface area contributed by atoms with Crippen LogP contribution in [-0.2, 0) is 14.8 Å². The predicted molar refractivity (Wildman–Crippen MR) is 112 cm³/mol. The van der Waals surface area contributed by atoms with Crippen molar-refractivity contribution in [2.24, 2.45) is 0 Å². The highest BCUT2D eigenvalue weighted by molar-refractivity contribution is 7.92. The zero-order valence-electron chi connectivity index (χ0n) is 15.8. The Kier molecular flexibility index (Phi) is 5.86. The molecular weight excluding hydrogens is 394 g/mol. The van der Waals surface area contributed by atoms with Gasteiger partial charge in [-0.2, -0.15) is 0 Å². The van der Waals surface area contributed by atoms with E-state index >= 15 is 0 Å². The first-order chi connectivity index (χ1) is 13.3. The SMILES string of the molecule is COC(=O)c1sccc1NS(=O)(=O)c1cccc(-c2ccccc2C(C)C)c1. The minimum atomic E-state index is -3.86. The van der Waals surface area contributed by atoms with Gasteiger partial charge in [0.1, 0.15) is 4.88 Å². The maximum absolute atomic E-state index is 12.9. The molecule has 0 saturated carbocycles. The third-order valence-corrected chi connectivity index (χ3v) is 6.58. The number of ether oxygens (including phenoxy) is 1. The third kappa shape index (κ3) is 4.10. The van der Waals surface area contributed by atoms with Gasteiger partial charge >= 0.3 is 5.97 Å². The van der Waals surface area contributed by atoms with Crippen LogP contribution in [0.4, 0.5) is 5.69 Å². The summed E-state index contributed by atoms with van der Waals surface area (Å²) in [5.41, 5.74) is 3.19. The first kappa shape index (κ1) is 20.1. The third-order valence-electron chi connectivity index (χ3n) is 4.32. The Balaban J connectivity index is 1.98. The fraction of sp³-hybridized carbons (Fsp3) is 0.190. The molecule has 0 saturated heterocycles. The molecule has 3 aromatic rings. The van der Waals surface area contributed by atoms with E-state index in [1.165, 1.54) is 13.2 Å². The van der Waals surface area contributed by atoms with Crippen LogP contribution in [0.1, 0.15) is 35.0 Å². The fourth-order valence-corrected chi connectivity index (χ4v) is 4.89. The van der Waals surface area contributed by atoms with Gasteiger partial charge in [0.25, 0.3) is 10.0 Å². The lowest BCUT2D eigenvalue weighted by Gasteiger charge is -2.14. The Morgan fingerprint density at radius 3 is 2.54 bits per heavy atom. The average Bonchev–Trinajstić information content (AvgIpc) is 3.14. The molecule has 0 bridgehead atoms. The molecule has 0 atom stereocenters. The van der Waals surface area contributed by atoms with Crippen molar-refractivity contribution in [3.8, 4) is 11.1 Å². The van der Waals surface area contributed by atoms with Crippen molar-refractivity contribution >= 4 is 33.0 Å². The van der Waals surface area contributed by atoms with E-state index in [9.17, 15) is 13.2 Å². The van der Waals surface area contributed by atoms with Crippen LogP contribution in [0.2, 0.25) is 0 Å². The molecule has 2 aromatic carbocycles. The highest BCUT2D eigenvalue weighted by Crippen LogP contribution is 2.31. The molecule has 28 heavy (non-hydrogen) atoms. The molecule has 1 aromatic heterocycles. The Morgan fingerprint density at radius 2 is 1.82 bits per heavy atom. The topological polar surface area (TPSA) is 72.5 Å². The molecule has 1 N–H and O–H groups in total. The summed E-state index contributed by atoms with van der Waals surface area (Å²) >= 11 is 1.12. The number of rotatable bonds is 6. The summed E-state index contributed by atoms with van der Waals surface area (Å²) in [4.78, 5) is 12.2. The molecule has 0 fully saturated rings. The van der Waals surface area contributed by atoms with Crippen LogP contribution in [0.15, 0.2) is 64.9 Å². The van der Waals surface area contributed by atoms with Crippen molar-refractivity contribution in [1.82, 2.24) is 0 Å². The molecule has 0 spiro atoms. The van der Waals surface area contributed by atoms with Gasteiger partial charge in [-0.15, -0.1) is 11.3 Å². The summed E-state index contributed by atoms with van der Waals surface area (Å²) in [5.74, 6) is -0.268. The molecule has 0 radical (unpaired) electrons. The molecule has 1 heterocycles. The molecule has 0 amide bonds. The second-order valence-electron chi connectivity index (χ2n) is 6.53. The van der Waals surface area contributed by atoms with E-state index in [1.54, 1.807) is 23.6 Å². The first-order valence-electron chi connectivity index (χ1n) is 8.71. The number of esters is 1. The lowest BCUT2D eigenvalue weighted by atomic mass is 9.93. The van der Waals surface area contributed by atoms with E-state index in [1.807, 2.05) is 30.3 Å². The van der Waals surface area contributed by atoms with Crippen LogP contribution < -0.4 is 4.72 Å². The summed E-state index contributed by atoms with van der Waals surface area (Å²) < 4.78 is 33.0. The number of hydrogen-bond acceptors (Lipinski definition) is 5. The normalized spacial score (nSPS) is 11.4. The highest BCUT2D eigenvalue weighted by atomic mass is 32.2. The number of nitrogens with one attached hydrogen (secondary N) is 1.